The lowest BCUT2D eigenvalue weighted by Gasteiger charge is -2.18. The Kier molecular flexibility index (Phi) is 4.59. The summed E-state index contributed by atoms with van der Waals surface area (Å²) < 4.78 is 10.7. The van der Waals surface area contributed by atoms with Crippen LogP contribution in [0.2, 0.25) is 0 Å². The SMILES string of the molecule is COCc1cccc(OC(C)C(C)N)c1. The van der Waals surface area contributed by atoms with Gasteiger partial charge in [-0.15, -0.1) is 0 Å². The molecule has 0 fully saturated rings. The van der Waals surface area contributed by atoms with Gasteiger partial charge in [0.25, 0.3) is 0 Å². The average molecular weight is 209 g/mol. The molecular weight excluding hydrogens is 190 g/mol. The van der Waals surface area contributed by atoms with Gasteiger partial charge in [0.2, 0.25) is 0 Å². The van der Waals surface area contributed by atoms with Crippen LogP contribution in [0.15, 0.2) is 24.3 Å². The average Bonchev–Trinajstić information content (AvgIpc) is 2.18. The third-order valence-corrected chi connectivity index (χ3v) is 2.27. The molecule has 0 radical (unpaired) electrons. The maximum atomic E-state index is 5.73. The second-order valence-electron chi connectivity index (χ2n) is 3.76. The first-order valence-electron chi connectivity index (χ1n) is 5.13. The smallest absolute Gasteiger partial charge is 0.120 e. The van der Waals surface area contributed by atoms with Crippen molar-refractivity contribution in [3.8, 4) is 5.75 Å². The maximum absolute atomic E-state index is 5.73. The zero-order valence-electron chi connectivity index (χ0n) is 9.57. The molecule has 0 saturated heterocycles. The van der Waals surface area contributed by atoms with Crippen LogP contribution in [0.5, 0.6) is 5.75 Å². The van der Waals surface area contributed by atoms with Crippen molar-refractivity contribution in [3.05, 3.63) is 29.8 Å². The molecule has 0 aliphatic heterocycles. The second-order valence-corrected chi connectivity index (χ2v) is 3.76. The van der Waals surface area contributed by atoms with E-state index in [0.29, 0.717) is 6.61 Å². The number of benzene rings is 1. The largest absolute Gasteiger partial charge is 0.489 e. The van der Waals surface area contributed by atoms with E-state index in [0.717, 1.165) is 11.3 Å². The summed E-state index contributed by atoms with van der Waals surface area (Å²) in [5, 5.41) is 0. The first kappa shape index (κ1) is 12.0. The van der Waals surface area contributed by atoms with Crippen molar-refractivity contribution in [1.29, 1.82) is 0 Å². The summed E-state index contributed by atoms with van der Waals surface area (Å²) in [6.07, 6.45) is 0.0165. The van der Waals surface area contributed by atoms with E-state index in [2.05, 4.69) is 0 Å². The topological polar surface area (TPSA) is 44.5 Å². The minimum absolute atomic E-state index is 0.0165. The molecule has 2 atom stereocenters. The van der Waals surface area contributed by atoms with Gasteiger partial charge >= 0.3 is 0 Å². The molecule has 2 N–H and O–H groups in total. The Morgan fingerprint density at radius 3 is 2.67 bits per heavy atom. The summed E-state index contributed by atoms with van der Waals surface area (Å²) in [7, 11) is 1.68. The Balaban J connectivity index is 2.64. The zero-order valence-corrected chi connectivity index (χ0v) is 9.57. The van der Waals surface area contributed by atoms with Gasteiger partial charge in [-0.05, 0) is 31.5 Å². The van der Waals surface area contributed by atoms with E-state index in [1.165, 1.54) is 0 Å². The molecule has 3 heteroatoms. The minimum Gasteiger partial charge on any atom is -0.489 e. The molecule has 1 aromatic carbocycles. The van der Waals surface area contributed by atoms with Crippen molar-refractivity contribution in [1.82, 2.24) is 0 Å². The van der Waals surface area contributed by atoms with Gasteiger partial charge in [0.1, 0.15) is 11.9 Å². The molecule has 2 unspecified atom stereocenters. The molecule has 15 heavy (non-hydrogen) atoms. The van der Waals surface area contributed by atoms with Crippen molar-refractivity contribution in [3.63, 3.8) is 0 Å². The van der Waals surface area contributed by atoms with Crippen LogP contribution in [0.4, 0.5) is 0 Å². The van der Waals surface area contributed by atoms with E-state index in [1.54, 1.807) is 7.11 Å². The van der Waals surface area contributed by atoms with Crippen molar-refractivity contribution >= 4 is 0 Å². The highest BCUT2D eigenvalue weighted by molar-refractivity contribution is 5.28. The van der Waals surface area contributed by atoms with Gasteiger partial charge in [0.15, 0.2) is 0 Å². The highest BCUT2D eigenvalue weighted by Crippen LogP contribution is 2.16. The van der Waals surface area contributed by atoms with Crippen LogP contribution in [-0.4, -0.2) is 19.3 Å². The van der Waals surface area contributed by atoms with E-state index >= 15 is 0 Å². The van der Waals surface area contributed by atoms with Gasteiger partial charge in [-0.3, -0.25) is 0 Å². The third-order valence-electron chi connectivity index (χ3n) is 2.27. The second kappa shape index (κ2) is 5.73. The number of nitrogens with two attached hydrogens (primary N) is 1. The lowest BCUT2D eigenvalue weighted by atomic mass is 10.2. The highest BCUT2D eigenvalue weighted by atomic mass is 16.5. The van der Waals surface area contributed by atoms with Crippen molar-refractivity contribution in [2.75, 3.05) is 7.11 Å². The molecule has 0 amide bonds. The van der Waals surface area contributed by atoms with Crippen LogP contribution < -0.4 is 10.5 Å². The Labute approximate surface area is 91.2 Å². The Morgan fingerprint density at radius 2 is 2.07 bits per heavy atom. The van der Waals surface area contributed by atoms with Gasteiger partial charge in [-0.1, -0.05) is 12.1 Å². The zero-order chi connectivity index (χ0) is 11.3. The molecule has 0 bridgehead atoms. The molecular formula is C12H19NO2. The minimum atomic E-state index is 0.0165. The standard InChI is InChI=1S/C12H19NO2/c1-9(13)10(2)15-12-6-4-5-11(7-12)8-14-3/h4-7,9-10H,8,13H2,1-3H3. The van der Waals surface area contributed by atoms with Gasteiger partial charge in [0, 0.05) is 13.2 Å². The van der Waals surface area contributed by atoms with Gasteiger partial charge < -0.3 is 15.2 Å². The molecule has 84 valence electrons. The summed E-state index contributed by atoms with van der Waals surface area (Å²) in [5.74, 6) is 0.842. The lowest BCUT2D eigenvalue weighted by molar-refractivity contribution is 0.181. The predicted octanol–water partition coefficient (Wildman–Crippen LogP) is 1.95. The van der Waals surface area contributed by atoms with Gasteiger partial charge in [0.05, 0.1) is 6.61 Å². The van der Waals surface area contributed by atoms with Gasteiger partial charge in [-0.2, -0.15) is 0 Å². The van der Waals surface area contributed by atoms with E-state index in [9.17, 15) is 0 Å². The molecule has 0 heterocycles. The molecule has 0 spiro atoms. The maximum Gasteiger partial charge on any atom is 0.120 e. The summed E-state index contributed by atoms with van der Waals surface area (Å²) in [6.45, 7) is 4.50. The lowest BCUT2D eigenvalue weighted by Crippen LogP contribution is -2.33. The van der Waals surface area contributed by atoms with Crippen LogP contribution in [0, 0.1) is 0 Å². The fraction of sp³-hybridized carbons (Fsp3) is 0.500. The molecule has 0 aliphatic carbocycles. The van der Waals surface area contributed by atoms with Crippen LogP contribution in [0.1, 0.15) is 19.4 Å². The fourth-order valence-electron chi connectivity index (χ4n) is 1.20. The molecule has 0 aliphatic rings. The molecule has 1 rings (SSSR count). The van der Waals surface area contributed by atoms with Crippen LogP contribution in [-0.2, 0) is 11.3 Å². The number of hydrogen-bond acceptors (Lipinski definition) is 3. The Bertz CT molecular complexity index is 299. The third kappa shape index (κ3) is 3.90. The number of rotatable bonds is 5. The van der Waals surface area contributed by atoms with E-state index in [4.69, 9.17) is 15.2 Å². The first-order valence-corrected chi connectivity index (χ1v) is 5.13. The van der Waals surface area contributed by atoms with Crippen LogP contribution in [0.25, 0.3) is 0 Å². The molecule has 0 saturated carbocycles. The summed E-state index contributed by atoms with van der Waals surface area (Å²) in [6, 6.07) is 7.89. The van der Waals surface area contributed by atoms with Gasteiger partial charge in [-0.25, -0.2) is 0 Å². The monoisotopic (exact) mass is 209 g/mol. The quantitative estimate of drug-likeness (QED) is 0.806. The summed E-state index contributed by atoms with van der Waals surface area (Å²) in [4.78, 5) is 0. The number of ether oxygens (including phenoxy) is 2. The van der Waals surface area contributed by atoms with Crippen molar-refractivity contribution in [2.24, 2.45) is 5.73 Å². The Morgan fingerprint density at radius 1 is 1.33 bits per heavy atom. The highest BCUT2D eigenvalue weighted by Gasteiger charge is 2.08. The molecule has 3 nitrogen and oxygen atoms in total. The Hall–Kier alpha value is -1.06. The summed E-state index contributed by atoms with van der Waals surface area (Å²) >= 11 is 0. The van der Waals surface area contributed by atoms with E-state index in [-0.39, 0.29) is 12.1 Å². The van der Waals surface area contributed by atoms with Crippen LogP contribution in [0.3, 0.4) is 0 Å². The van der Waals surface area contributed by atoms with E-state index < -0.39 is 0 Å². The molecule has 0 aromatic heterocycles. The predicted molar refractivity (Wildman–Crippen MR) is 60.9 cm³/mol. The number of methoxy groups -OCH3 is 1. The number of hydrogen-bond donors (Lipinski definition) is 1. The normalized spacial score (nSPS) is 14.7. The first-order chi connectivity index (χ1) is 7.13. The van der Waals surface area contributed by atoms with Crippen molar-refractivity contribution in [2.45, 2.75) is 32.6 Å². The summed E-state index contributed by atoms with van der Waals surface area (Å²) in [5.41, 5.74) is 6.83. The molecule has 1 aromatic rings. The van der Waals surface area contributed by atoms with E-state index in [1.807, 2.05) is 38.1 Å². The van der Waals surface area contributed by atoms with Crippen molar-refractivity contribution < 1.29 is 9.47 Å². The van der Waals surface area contributed by atoms with Crippen LogP contribution >= 0.6 is 0 Å². The fourth-order valence-corrected chi connectivity index (χ4v) is 1.20.